The number of fused-ring (bicyclic) bond motifs is 1. The van der Waals surface area contributed by atoms with Crippen molar-refractivity contribution >= 4 is 22.9 Å². The molecule has 0 saturated carbocycles. The van der Waals surface area contributed by atoms with Gasteiger partial charge in [-0.1, -0.05) is 19.9 Å². The highest BCUT2D eigenvalue weighted by molar-refractivity contribution is 5.84. The standard InChI is InChI=1S/C20H28N6O3/c1-11(2)14(9-27)23-20-24-18(17-19(25-20)26(10-22-17)12(3)4)21-8-13-5-6-15(28)16(29)7-13/h5-7,10-12,14,27-29H,8-9H2,1-4H3,(H2,21,23,24,25). The fourth-order valence-corrected chi connectivity index (χ4v) is 2.94. The number of aliphatic hydroxyl groups is 1. The number of phenolic OH excluding ortho intramolecular Hbond substituents is 2. The summed E-state index contributed by atoms with van der Waals surface area (Å²) in [7, 11) is 0. The second kappa shape index (κ2) is 8.52. The van der Waals surface area contributed by atoms with E-state index in [2.05, 4.69) is 25.6 Å². The number of nitrogens with zero attached hydrogens (tertiary/aromatic N) is 4. The Bertz CT molecular complexity index is 986. The lowest BCUT2D eigenvalue weighted by molar-refractivity contribution is 0.248. The average Bonchev–Trinajstić information content (AvgIpc) is 3.11. The maximum atomic E-state index is 9.70. The Kier molecular flexibility index (Phi) is 6.07. The lowest BCUT2D eigenvalue weighted by atomic mass is 10.1. The minimum atomic E-state index is -0.176. The minimum absolute atomic E-state index is 0.0297. The molecule has 1 unspecified atom stereocenters. The van der Waals surface area contributed by atoms with E-state index in [0.29, 0.717) is 29.5 Å². The molecule has 0 radical (unpaired) electrons. The van der Waals surface area contributed by atoms with Crippen LogP contribution >= 0.6 is 0 Å². The molecule has 9 nitrogen and oxygen atoms in total. The molecule has 2 aromatic heterocycles. The summed E-state index contributed by atoms with van der Waals surface area (Å²) >= 11 is 0. The summed E-state index contributed by atoms with van der Waals surface area (Å²) in [6.45, 7) is 8.47. The van der Waals surface area contributed by atoms with E-state index in [0.717, 1.165) is 5.56 Å². The van der Waals surface area contributed by atoms with E-state index in [-0.39, 0.29) is 36.1 Å². The number of phenols is 2. The van der Waals surface area contributed by atoms with Crippen LogP contribution in [0.5, 0.6) is 11.5 Å². The van der Waals surface area contributed by atoms with Gasteiger partial charge in [0.2, 0.25) is 5.95 Å². The molecule has 0 aliphatic carbocycles. The number of rotatable bonds is 8. The number of hydrogen-bond acceptors (Lipinski definition) is 8. The first kappa shape index (κ1) is 20.7. The van der Waals surface area contributed by atoms with Crippen molar-refractivity contribution in [2.75, 3.05) is 17.2 Å². The molecule has 0 fully saturated rings. The molecule has 156 valence electrons. The van der Waals surface area contributed by atoms with Crippen molar-refractivity contribution in [2.45, 2.75) is 46.3 Å². The van der Waals surface area contributed by atoms with Crippen molar-refractivity contribution in [1.29, 1.82) is 0 Å². The molecular formula is C20H28N6O3. The van der Waals surface area contributed by atoms with Gasteiger partial charge in [-0.2, -0.15) is 9.97 Å². The summed E-state index contributed by atoms with van der Waals surface area (Å²) in [5, 5.41) is 35.3. The number of aromatic hydroxyl groups is 2. The van der Waals surface area contributed by atoms with Crippen LogP contribution in [0.3, 0.4) is 0 Å². The normalized spacial score (nSPS) is 12.7. The lowest BCUT2D eigenvalue weighted by Crippen LogP contribution is -2.30. The zero-order chi connectivity index (χ0) is 21.1. The number of nitrogens with one attached hydrogen (secondary N) is 2. The van der Waals surface area contributed by atoms with Gasteiger partial charge in [0, 0.05) is 12.6 Å². The van der Waals surface area contributed by atoms with Crippen molar-refractivity contribution in [3.63, 3.8) is 0 Å². The predicted molar refractivity (Wildman–Crippen MR) is 112 cm³/mol. The fraction of sp³-hybridized carbons (Fsp3) is 0.450. The van der Waals surface area contributed by atoms with Gasteiger partial charge in [0.15, 0.2) is 28.5 Å². The van der Waals surface area contributed by atoms with Crippen LogP contribution in [0, 0.1) is 5.92 Å². The van der Waals surface area contributed by atoms with Gasteiger partial charge in [0.1, 0.15) is 0 Å². The summed E-state index contributed by atoms with van der Waals surface area (Å²) in [5.41, 5.74) is 2.10. The van der Waals surface area contributed by atoms with Crippen molar-refractivity contribution in [3.8, 4) is 11.5 Å². The van der Waals surface area contributed by atoms with Gasteiger partial charge >= 0.3 is 0 Å². The molecule has 0 amide bonds. The van der Waals surface area contributed by atoms with Gasteiger partial charge in [-0.25, -0.2) is 4.98 Å². The van der Waals surface area contributed by atoms with Gasteiger partial charge in [-0.15, -0.1) is 0 Å². The van der Waals surface area contributed by atoms with Gasteiger partial charge in [-0.3, -0.25) is 0 Å². The Morgan fingerprint density at radius 2 is 1.83 bits per heavy atom. The minimum Gasteiger partial charge on any atom is -0.504 e. The Morgan fingerprint density at radius 3 is 2.45 bits per heavy atom. The van der Waals surface area contributed by atoms with Crippen LogP contribution in [0.25, 0.3) is 11.2 Å². The van der Waals surface area contributed by atoms with E-state index in [1.54, 1.807) is 12.4 Å². The van der Waals surface area contributed by atoms with E-state index >= 15 is 0 Å². The van der Waals surface area contributed by atoms with Gasteiger partial charge in [-0.05, 0) is 37.5 Å². The van der Waals surface area contributed by atoms with Gasteiger partial charge in [0.25, 0.3) is 0 Å². The molecule has 0 bridgehead atoms. The molecule has 1 aromatic carbocycles. The summed E-state index contributed by atoms with van der Waals surface area (Å²) in [6.07, 6.45) is 1.73. The van der Waals surface area contributed by atoms with Crippen LogP contribution in [0.1, 0.15) is 39.3 Å². The van der Waals surface area contributed by atoms with E-state index < -0.39 is 0 Å². The van der Waals surface area contributed by atoms with Gasteiger partial charge < -0.3 is 30.5 Å². The Morgan fingerprint density at radius 1 is 1.07 bits per heavy atom. The van der Waals surface area contributed by atoms with E-state index in [1.807, 2.05) is 32.3 Å². The van der Waals surface area contributed by atoms with Crippen LogP contribution in [-0.2, 0) is 6.54 Å². The maximum absolute atomic E-state index is 9.70. The number of hydrogen-bond donors (Lipinski definition) is 5. The van der Waals surface area contributed by atoms with Crippen molar-refractivity contribution in [3.05, 3.63) is 30.1 Å². The summed E-state index contributed by atoms with van der Waals surface area (Å²) in [5.74, 6) is 0.815. The molecule has 3 aromatic rings. The highest BCUT2D eigenvalue weighted by Gasteiger charge is 2.18. The second-order valence-corrected chi connectivity index (χ2v) is 7.67. The second-order valence-electron chi connectivity index (χ2n) is 7.67. The first-order valence-corrected chi connectivity index (χ1v) is 9.66. The average molecular weight is 400 g/mol. The molecule has 1 atom stereocenters. The Hall–Kier alpha value is -3.07. The maximum Gasteiger partial charge on any atom is 0.227 e. The van der Waals surface area contributed by atoms with Crippen molar-refractivity contribution in [2.24, 2.45) is 5.92 Å². The van der Waals surface area contributed by atoms with Crippen molar-refractivity contribution in [1.82, 2.24) is 19.5 Å². The van der Waals surface area contributed by atoms with Crippen LogP contribution in [0.4, 0.5) is 11.8 Å². The van der Waals surface area contributed by atoms with E-state index in [4.69, 9.17) is 0 Å². The predicted octanol–water partition coefficient (Wildman–Crippen LogP) is 2.86. The largest absolute Gasteiger partial charge is 0.504 e. The van der Waals surface area contributed by atoms with E-state index in [1.165, 1.54) is 12.1 Å². The molecular weight excluding hydrogens is 372 g/mol. The number of aliphatic hydroxyl groups excluding tert-OH is 1. The molecule has 2 heterocycles. The molecule has 0 saturated heterocycles. The molecule has 0 aliphatic rings. The Balaban J connectivity index is 1.96. The monoisotopic (exact) mass is 400 g/mol. The van der Waals surface area contributed by atoms with Crippen LogP contribution < -0.4 is 10.6 Å². The topological polar surface area (TPSA) is 128 Å². The number of benzene rings is 1. The third kappa shape index (κ3) is 4.51. The third-order valence-corrected chi connectivity index (χ3v) is 4.79. The smallest absolute Gasteiger partial charge is 0.227 e. The summed E-state index contributed by atoms with van der Waals surface area (Å²) in [4.78, 5) is 13.7. The number of imidazole rings is 1. The zero-order valence-electron chi connectivity index (χ0n) is 17.1. The van der Waals surface area contributed by atoms with Gasteiger partial charge in [0.05, 0.1) is 19.0 Å². The van der Waals surface area contributed by atoms with Crippen molar-refractivity contribution < 1.29 is 15.3 Å². The van der Waals surface area contributed by atoms with Crippen LogP contribution in [-0.4, -0.2) is 47.5 Å². The molecule has 3 rings (SSSR count). The fourth-order valence-electron chi connectivity index (χ4n) is 2.94. The Labute approximate surface area is 169 Å². The van der Waals surface area contributed by atoms with E-state index in [9.17, 15) is 15.3 Å². The summed E-state index contributed by atoms with van der Waals surface area (Å²) in [6, 6.07) is 4.64. The lowest BCUT2D eigenvalue weighted by Gasteiger charge is -2.20. The molecule has 5 N–H and O–H groups in total. The zero-order valence-corrected chi connectivity index (χ0v) is 17.1. The SMILES string of the molecule is CC(C)C(CO)Nc1nc(NCc2ccc(O)c(O)c2)c2ncn(C(C)C)c2n1. The molecule has 0 spiro atoms. The molecule has 0 aliphatic heterocycles. The first-order chi connectivity index (χ1) is 13.8. The molecule has 9 heteroatoms. The summed E-state index contributed by atoms with van der Waals surface area (Å²) < 4.78 is 1.96. The highest BCUT2D eigenvalue weighted by Crippen LogP contribution is 2.27. The number of anilines is 2. The highest BCUT2D eigenvalue weighted by atomic mass is 16.3. The van der Waals surface area contributed by atoms with Crippen LogP contribution in [0.2, 0.25) is 0 Å². The number of aromatic nitrogens is 4. The first-order valence-electron chi connectivity index (χ1n) is 9.66. The third-order valence-electron chi connectivity index (χ3n) is 4.79. The molecule has 29 heavy (non-hydrogen) atoms. The quantitative estimate of drug-likeness (QED) is 0.365. The van der Waals surface area contributed by atoms with Crippen LogP contribution in [0.15, 0.2) is 24.5 Å².